The lowest BCUT2D eigenvalue weighted by Gasteiger charge is -2.31. The van der Waals surface area contributed by atoms with Gasteiger partial charge in [0.25, 0.3) is 0 Å². The van der Waals surface area contributed by atoms with Gasteiger partial charge in [-0.05, 0) is 26.3 Å². The maximum atomic E-state index is 5.74. The molecule has 0 bridgehead atoms. The molecule has 0 aliphatic carbocycles. The lowest BCUT2D eigenvalue weighted by atomic mass is 9.97. The molecule has 0 spiro atoms. The molecule has 4 heteroatoms. The van der Waals surface area contributed by atoms with Crippen molar-refractivity contribution < 1.29 is 4.42 Å². The summed E-state index contributed by atoms with van der Waals surface area (Å²) in [5.41, 5.74) is -0.0568. The first kappa shape index (κ1) is 12.6. The predicted molar refractivity (Wildman–Crippen MR) is 66.7 cm³/mol. The fourth-order valence-corrected chi connectivity index (χ4v) is 2.19. The van der Waals surface area contributed by atoms with Gasteiger partial charge in [0.2, 0.25) is 11.8 Å². The van der Waals surface area contributed by atoms with Crippen LogP contribution in [0.2, 0.25) is 0 Å². The zero-order valence-corrected chi connectivity index (χ0v) is 11.4. The minimum absolute atomic E-state index is 0.0568. The van der Waals surface area contributed by atoms with Crippen molar-refractivity contribution in [3.8, 4) is 0 Å². The van der Waals surface area contributed by atoms with E-state index >= 15 is 0 Å². The monoisotopic (exact) mass is 237 g/mol. The van der Waals surface area contributed by atoms with Gasteiger partial charge in [0.1, 0.15) is 0 Å². The van der Waals surface area contributed by atoms with Crippen molar-refractivity contribution >= 4 is 0 Å². The molecular weight excluding hydrogens is 214 g/mol. The van der Waals surface area contributed by atoms with Gasteiger partial charge in [0, 0.05) is 11.5 Å². The second-order valence-corrected chi connectivity index (χ2v) is 6.07. The molecule has 0 aromatic carbocycles. The maximum Gasteiger partial charge on any atom is 0.230 e. The molecule has 0 saturated carbocycles. The van der Waals surface area contributed by atoms with E-state index in [1.807, 2.05) is 0 Å². The molecule has 2 heterocycles. The quantitative estimate of drug-likeness (QED) is 0.793. The van der Waals surface area contributed by atoms with E-state index in [0.717, 1.165) is 24.9 Å². The zero-order chi connectivity index (χ0) is 12.5. The molecule has 1 aliphatic heterocycles. The van der Waals surface area contributed by atoms with Gasteiger partial charge in [0.05, 0.1) is 6.54 Å². The summed E-state index contributed by atoms with van der Waals surface area (Å²) in [6, 6.07) is 0.633. The Balaban J connectivity index is 2.01. The summed E-state index contributed by atoms with van der Waals surface area (Å²) in [5.74, 6) is 1.49. The molecule has 96 valence electrons. The van der Waals surface area contributed by atoms with Gasteiger partial charge >= 0.3 is 0 Å². The van der Waals surface area contributed by atoms with Crippen LogP contribution in [0.25, 0.3) is 0 Å². The van der Waals surface area contributed by atoms with Crippen molar-refractivity contribution in [2.45, 2.75) is 65.0 Å². The number of likely N-dealkylation sites (tertiary alicyclic amines) is 1. The Hall–Kier alpha value is -0.900. The topological polar surface area (TPSA) is 42.2 Å². The largest absolute Gasteiger partial charge is 0.423 e. The van der Waals surface area contributed by atoms with Crippen molar-refractivity contribution in [3.63, 3.8) is 0 Å². The first-order valence-electron chi connectivity index (χ1n) is 6.54. The van der Waals surface area contributed by atoms with E-state index in [1.165, 1.54) is 19.3 Å². The third kappa shape index (κ3) is 3.06. The molecule has 2 rings (SSSR count). The molecule has 4 nitrogen and oxygen atoms in total. The summed E-state index contributed by atoms with van der Waals surface area (Å²) in [7, 11) is 0. The Morgan fingerprint density at radius 2 is 2.06 bits per heavy atom. The highest BCUT2D eigenvalue weighted by Crippen LogP contribution is 2.22. The van der Waals surface area contributed by atoms with Crippen LogP contribution in [0.1, 0.15) is 58.7 Å². The molecule has 17 heavy (non-hydrogen) atoms. The van der Waals surface area contributed by atoms with Crippen LogP contribution in [0.15, 0.2) is 4.42 Å². The van der Waals surface area contributed by atoms with E-state index in [0.29, 0.717) is 6.04 Å². The van der Waals surface area contributed by atoms with Gasteiger partial charge < -0.3 is 4.42 Å². The average Bonchev–Trinajstić information content (AvgIpc) is 2.69. The summed E-state index contributed by atoms with van der Waals surface area (Å²) in [6.45, 7) is 10.5. The summed E-state index contributed by atoms with van der Waals surface area (Å²) >= 11 is 0. The van der Waals surface area contributed by atoms with Crippen LogP contribution >= 0.6 is 0 Å². The first-order chi connectivity index (χ1) is 7.97. The number of aromatic nitrogens is 2. The highest BCUT2D eigenvalue weighted by Gasteiger charge is 2.24. The van der Waals surface area contributed by atoms with Crippen molar-refractivity contribution in [2.24, 2.45) is 0 Å². The standard InChI is InChI=1S/C13H23N3O/c1-10-7-5-6-8-16(10)9-11-14-15-12(17-11)13(2,3)4/h10H,5-9H2,1-4H3/t10-/m0/s1. The van der Waals surface area contributed by atoms with Crippen LogP contribution < -0.4 is 0 Å². The van der Waals surface area contributed by atoms with Crippen molar-refractivity contribution in [3.05, 3.63) is 11.8 Å². The van der Waals surface area contributed by atoms with Crippen LogP contribution in [0.4, 0.5) is 0 Å². The molecule has 1 atom stereocenters. The summed E-state index contributed by atoms with van der Waals surface area (Å²) < 4.78 is 5.74. The van der Waals surface area contributed by atoms with E-state index < -0.39 is 0 Å². The number of hydrogen-bond donors (Lipinski definition) is 0. The molecule has 0 unspecified atom stereocenters. The Kier molecular flexibility index (Phi) is 3.52. The van der Waals surface area contributed by atoms with E-state index in [1.54, 1.807) is 0 Å². The zero-order valence-electron chi connectivity index (χ0n) is 11.4. The third-order valence-corrected chi connectivity index (χ3v) is 3.39. The third-order valence-electron chi connectivity index (χ3n) is 3.39. The highest BCUT2D eigenvalue weighted by atomic mass is 16.4. The summed E-state index contributed by atoms with van der Waals surface area (Å²) in [5, 5.41) is 8.29. The second kappa shape index (κ2) is 4.77. The lowest BCUT2D eigenvalue weighted by molar-refractivity contribution is 0.137. The Morgan fingerprint density at radius 1 is 1.29 bits per heavy atom. The Morgan fingerprint density at radius 3 is 2.65 bits per heavy atom. The van der Waals surface area contributed by atoms with E-state index in [-0.39, 0.29) is 5.41 Å². The molecular formula is C13H23N3O. The normalized spacial score (nSPS) is 22.9. The number of rotatable bonds is 2. The number of nitrogens with zero attached hydrogens (tertiary/aromatic N) is 3. The number of hydrogen-bond acceptors (Lipinski definition) is 4. The smallest absolute Gasteiger partial charge is 0.230 e. The fraction of sp³-hybridized carbons (Fsp3) is 0.846. The van der Waals surface area contributed by atoms with Crippen molar-refractivity contribution in [1.29, 1.82) is 0 Å². The highest BCUT2D eigenvalue weighted by molar-refractivity contribution is 4.96. The van der Waals surface area contributed by atoms with Crippen LogP contribution in [-0.2, 0) is 12.0 Å². The fourth-order valence-electron chi connectivity index (χ4n) is 2.19. The molecule has 1 aromatic heterocycles. The first-order valence-corrected chi connectivity index (χ1v) is 6.54. The van der Waals surface area contributed by atoms with Gasteiger partial charge in [-0.15, -0.1) is 10.2 Å². The van der Waals surface area contributed by atoms with Gasteiger partial charge in [-0.2, -0.15) is 0 Å². The van der Waals surface area contributed by atoms with Crippen LogP contribution in [0.5, 0.6) is 0 Å². The van der Waals surface area contributed by atoms with Crippen LogP contribution in [-0.4, -0.2) is 27.7 Å². The van der Waals surface area contributed by atoms with Crippen molar-refractivity contribution in [1.82, 2.24) is 15.1 Å². The summed E-state index contributed by atoms with van der Waals surface area (Å²) in [6.07, 6.45) is 3.90. The lowest BCUT2D eigenvalue weighted by Crippen LogP contribution is -2.36. The minimum Gasteiger partial charge on any atom is -0.423 e. The van der Waals surface area contributed by atoms with Gasteiger partial charge in [-0.25, -0.2) is 0 Å². The average molecular weight is 237 g/mol. The summed E-state index contributed by atoms with van der Waals surface area (Å²) in [4.78, 5) is 2.43. The molecule has 0 N–H and O–H groups in total. The van der Waals surface area contributed by atoms with Crippen LogP contribution in [0.3, 0.4) is 0 Å². The maximum absolute atomic E-state index is 5.74. The predicted octanol–water partition coefficient (Wildman–Crippen LogP) is 2.74. The van der Waals surface area contributed by atoms with Gasteiger partial charge in [0.15, 0.2) is 0 Å². The van der Waals surface area contributed by atoms with E-state index in [4.69, 9.17) is 4.42 Å². The van der Waals surface area contributed by atoms with E-state index in [9.17, 15) is 0 Å². The molecule has 1 saturated heterocycles. The van der Waals surface area contributed by atoms with Crippen LogP contribution in [0, 0.1) is 0 Å². The van der Waals surface area contributed by atoms with Gasteiger partial charge in [-0.1, -0.05) is 27.2 Å². The molecule has 1 aromatic rings. The molecule has 0 radical (unpaired) electrons. The number of piperidine rings is 1. The Labute approximate surface area is 103 Å². The molecule has 1 aliphatic rings. The Bertz CT molecular complexity index is 367. The second-order valence-electron chi connectivity index (χ2n) is 6.07. The molecule has 1 fully saturated rings. The molecule has 0 amide bonds. The SMILES string of the molecule is C[C@H]1CCCCN1Cc1nnc(C(C)(C)C)o1. The van der Waals surface area contributed by atoms with Crippen molar-refractivity contribution in [2.75, 3.05) is 6.54 Å². The minimum atomic E-state index is -0.0568. The van der Waals surface area contributed by atoms with E-state index in [2.05, 4.69) is 42.8 Å². The van der Waals surface area contributed by atoms with Gasteiger partial charge in [-0.3, -0.25) is 4.90 Å².